The zero-order valence-corrected chi connectivity index (χ0v) is 24.8. The summed E-state index contributed by atoms with van der Waals surface area (Å²) in [7, 11) is 0. The van der Waals surface area contributed by atoms with Gasteiger partial charge in [-0.25, -0.2) is 14.5 Å². The van der Waals surface area contributed by atoms with Crippen molar-refractivity contribution < 1.29 is 19.4 Å². The van der Waals surface area contributed by atoms with Crippen molar-refractivity contribution >= 4 is 45.3 Å². The normalized spacial score (nSPS) is 22.3. The van der Waals surface area contributed by atoms with Crippen LogP contribution in [-0.2, 0) is 11.2 Å². The van der Waals surface area contributed by atoms with Gasteiger partial charge >= 0.3 is 6.09 Å². The molecule has 2 saturated heterocycles. The molecule has 222 valence electrons. The summed E-state index contributed by atoms with van der Waals surface area (Å²) in [6.07, 6.45) is 7.41. The number of benzene rings is 2. The Bertz CT molecular complexity index is 1730. The average molecular weight is 600 g/mol. The quantitative estimate of drug-likeness (QED) is 0.230. The third kappa shape index (κ3) is 5.00. The largest absolute Gasteiger partial charge is 0.469 e. The molecule has 1 N–H and O–H groups in total. The Labute approximate surface area is 253 Å². The van der Waals surface area contributed by atoms with Crippen molar-refractivity contribution in [2.24, 2.45) is 0 Å². The number of carboxylic acid groups (broad SMARTS) is 1. The minimum absolute atomic E-state index is 0.0427. The predicted octanol–water partition coefficient (Wildman–Crippen LogP) is 5.55. The molecule has 3 atom stereocenters. The minimum atomic E-state index is -0.999. The van der Waals surface area contributed by atoms with Gasteiger partial charge in [-0.05, 0) is 55.2 Å². The highest BCUT2D eigenvalue weighted by Gasteiger charge is 2.35. The lowest BCUT2D eigenvalue weighted by molar-refractivity contribution is -0.0366. The second-order valence-corrected chi connectivity index (χ2v) is 12.0. The maximum absolute atomic E-state index is 11.8. The molecule has 0 saturated carbocycles. The molecular weight excluding hydrogens is 566 g/mol. The molecule has 0 aliphatic carbocycles. The number of rotatable bonds is 5. The second kappa shape index (κ2) is 11.5. The first-order valence-corrected chi connectivity index (χ1v) is 16.0. The van der Waals surface area contributed by atoms with E-state index in [1.54, 1.807) is 0 Å². The standard InChI is InChI=1S/C31H33N7O4S/c1-43-30-34-28(36-14-15-37(31(39)40)20(18-36)12-13-32)22-9-11-25(42-29(22)35-30)21-6-4-5-19-8-10-24-23(27(19)21)17-33-38(24)26-7-2-3-16-41-26/h4-6,8,10,17,20,25-26H,2-3,7,9,11-12,14-16,18H2,1H3,(H,39,40)/t20-,25?,26?/m0/s1. The highest BCUT2D eigenvalue weighted by atomic mass is 32.2. The third-order valence-electron chi connectivity index (χ3n) is 8.80. The van der Waals surface area contributed by atoms with Gasteiger partial charge in [-0.1, -0.05) is 36.0 Å². The van der Waals surface area contributed by atoms with Crippen LogP contribution in [0.3, 0.4) is 0 Å². The van der Waals surface area contributed by atoms with Crippen molar-refractivity contribution in [1.29, 1.82) is 5.26 Å². The zero-order valence-electron chi connectivity index (χ0n) is 24.0. The Kier molecular flexibility index (Phi) is 7.44. The Morgan fingerprint density at radius 3 is 2.88 bits per heavy atom. The van der Waals surface area contributed by atoms with Crippen LogP contribution in [0.15, 0.2) is 41.7 Å². The Balaban J connectivity index is 1.24. The van der Waals surface area contributed by atoms with Crippen LogP contribution in [0.25, 0.3) is 21.7 Å². The molecule has 3 aliphatic heterocycles. The van der Waals surface area contributed by atoms with E-state index in [2.05, 4.69) is 41.3 Å². The number of anilines is 1. The molecule has 3 aliphatic rings. The smallest absolute Gasteiger partial charge is 0.407 e. The number of carbonyl (C=O) groups is 1. The van der Waals surface area contributed by atoms with Gasteiger partial charge in [0.05, 0.1) is 35.8 Å². The molecule has 7 rings (SSSR count). The summed E-state index contributed by atoms with van der Waals surface area (Å²) in [6.45, 7) is 1.96. The Morgan fingerprint density at radius 2 is 2.09 bits per heavy atom. The average Bonchev–Trinajstić information content (AvgIpc) is 3.48. The van der Waals surface area contributed by atoms with Gasteiger partial charge in [0.1, 0.15) is 11.9 Å². The Morgan fingerprint density at radius 1 is 1.19 bits per heavy atom. The van der Waals surface area contributed by atoms with Gasteiger partial charge in [0.25, 0.3) is 0 Å². The third-order valence-corrected chi connectivity index (χ3v) is 9.35. The number of ether oxygens (including phenoxy) is 2. The maximum atomic E-state index is 11.8. The molecule has 0 spiro atoms. The molecule has 2 aromatic carbocycles. The fraction of sp³-hybridized carbons (Fsp3) is 0.452. The molecule has 43 heavy (non-hydrogen) atoms. The van der Waals surface area contributed by atoms with E-state index in [1.807, 2.05) is 17.1 Å². The highest BCUT2D eigenvalue weighted by molar-refractivity contribution is 7.98. The van der Waals surface area contributed by atoms with E-state index in [-0.39, 0.29) is 18.8 Å². The monoisotopic (exact) mass is 599 g/mol. The number of nitrogens with zero attached hydrogens (tertiary/aromatic N) is 7. The number of piperazine rings is 1. The van der Waals surface area contributed by atoms with Gasteiger partial charge in [-0.2, -0.15) is 15.3 Å². The molecule has 2 fully saturated rings. The first kappa shape index (κ1) is 27.7. The molecule has 11 nitrogen and oxygen atoms in total. The molecular formula is C31H33N7O4S. The molecule has 2 unspecified atom stereocenters. The van der Waals surface area contributed by atoms with E-state index in [1.165, 1.54) is 16.7 Å². The van der Waals surface area contributed by atoms with Gasteiger partial charge in [-0.3, -0.25) is 0 Å². The maximum Gasteiger partial charge on any atom is 0.407 e. The van der Waals surface area contributed by atoms with E-state index in [4.69, 9.17) is 24.5 Å². The van der Waals surface area contributed by atoms with Gasteiger partial charge in [-0.15, -0.1) is 0 Å². The van der Waals surface area contributed by atoms with Gasteiger partial charge < -0.3 is 24.4 Å². The lowest BCUT2D eigenvalue weighted by atomic mass is 9.93. The first-order chi connectivity index (χ1) is 21.1. The second-order valence-electron chi connectivity index (χ2n) is 11.3. The van der Waals surface area contributed by atoms with Crippen molar-refractivity contribution in [3.8, 4) is 11.9 Å². The summed E-state index contributed by atoms with van der Waals surface area (Å²) < 4.78 is 14.8. The number of nitriles is 1. The number of amides is 1. The van der Waals surface area contributed by atoms with Gasteiger partial charge in [0, 0.05) is 37.2 Å². The van der Waals surface area contributed by atoms with Crippen molar-refractivity contribution in [3.05, 3.63) is 47.7 Å². The van der Waals surface area contributed by atoms with Crippen molar-refractivity contribution in [3.63, 3.8) is 0 Å². The van der Waals surface area contributed by atoms with Gasteiger partial charge in [0.2, 0.25) is 5.88 Å². The van der Waals surface area contributed by atoms with Crippen LogP contribution >= 0.6 is 11.8 Å². The molecule has 12 heteroatoms. The molecule has 2 aromatic heterocycles. The van der Waals surface area contributed by atoms with Crippen molar-refractivity contribution in [1.82, 2.24) is 24.6 Å². The lowest BCUT2D eigenvalue weighted by Gasteiger charge is -2.40. The summed E-state index contributed by atoms with van der Waals surface area (Å²) in [6, 6.07) is 12.4. The van der Waals surface area contributed by atoms with Crippen molar-refractivity contribution in [2.45, 2.75) is 62.1 Å². The topological polar surface area (TPSA) is 130 Å². The van der Waals surface area contributed by atoms with E-state index < -0.39 is 12.1 Å². The number of aromatic nitrogens is 4. The van der Waals surface area contributed by atoms with Crippen LogP contribution in [0.2, 0.25) is 0 Å². The molecule has 1 amide bonds. The van der Waals surface area contributed by atoms with Crippen LogP contribution in [-0.4, -0.2) is 74.4 Å². The molecule has 5 heterocycles. The lowest BCUT2D eigenvalue weighted by Crippen LogP contribution is -2.55. The number of hydrogen-bond donors (Lipinski definition) is 1. The first-order valence-electron chi connectivity index (χ1n) is 14.8. The molecule has 0 radical (unpaired) electrons. The van der Waals surface area contributed by atoms with Crippen LogP contribution in [0, 0.1) is 11.3 Å². The summed E-state index contributed by atoms with van der Waals surface area (Å²) in [5, 5.41) is 27.7. The highest BCUT2D eigenvalue weighted by Crippen LogP contribution is 2.42. The van der Waals surface area contributed by atoms with Crippen LogP contribution in [0.5, 0.6) is 5.88 Å². The van der Waals surface area contributed by atoms with E-state index >= 15 is 0 Å². The zero-order chi connectivity index (χ0) is 29.5. The summed E-state index contributed by atoms with van der Waals surface area (Å²) in [5.41, 5.74) is 3.10. The van der Waals surface area contributed by atoms with Gasteiger partial charge in [0.15, 0.2) is 11.4 Å². The summed E-state index contributed by atoms with van der Waals surface area (Å²) in [5.74, 6) is 1.34. The van der Waals surface area contributed by atoms with E-state index in [9.17, 15) is 15.2 Å². The summed E-state index contributed by atoms with van der Waals surface area (Å²) >= 11 is 1.45. The predicted molar refractivity (Wildman–Crippen MR) is 163 cm³/mol. The van der Waals surface area contributed by atoms with Crippen molar-refractivity contribution in [2.75, 3.05) is 37.4 Å². The van der Waals surface area contributed by atoms with Crippen LogP contribution in [0.4, 0.5) is 10.6 Å². The fourth-order valence-electron chi connectivity index (χ4n) is 6.72. The Hall–Kier alpha value is -4.08. The number of thioether (sulfide) groups is 1. The van der Waals surface area contributed by atoms with Crippen LogP contribution < -0.4 is 9.64 Å². The van der Waals surface area contributed by atoms with Crippen LogP contribution in [0.1, 0.15) is 55.6 Å². The fourth-order valence-corrected chi connectivity index (χ4v) is 7.07. The van der Waals surface area contributed by atoms with E-state index in [0.29, 0.717) is 37.1 Å². The number of fused-ring (bicyclic) bond motifs is 4. The minimum Gasteiger partial charge on any atom is -0.469 e. The number of hydrogen-bond acceptors (Lipinski definition) is 9. The molecule has 4 aromatic rings. The summed E-state index contributed by atoms with van der Waals surface area (Å²) in [4.78, 5) is 24.9. The molecule has 0 bridgehead atoms. The SMILES string of the molecule is CSc1nc2c(c(N3CCN(C(=O)O)[C@@H](CC#N)C3)n1)CCC(c1cccc3ccc4c(cnn4C4CCCCO4)c13)O2. The van der Waals surface area contributed by atoms with E-state index in [0.717, 1.165) is 70.9 Å².